The molecule has 0 N–H and O–H groups in total. The van der Waals surface area contributed by atoms with E-state index in [1.54, 1.807) is 18.2 Å². The van der Waals surface area contributed by atoms with Crippen LogP contribution in [0.4, 0.5) is 0 Å². The molecule has 27 heavy (non-hydrogen) atoms. The first kappa shape index (κ1) is 16.5. The van der Waals surface area contributed by atoms with Crippen molar-refractivity contribution in [3.8, 4) is 11.5 Å². The van der Waals surface area contributed by atoms with Crippen molar-refractivity contribution in [2.75, 3.05) is 19.8 Å². The zero-order chi connectivity index (χ0) is 18.4. The molecule has 0 spiro atoms. The van der Waals surface area contributed by atoms with Crippen molar-refractivity contribution in [3.05, 3.63) is 48.4 Å². The predicted molar refractivity (Wildman–Crippen MR) is 96.3 cm³/mol. The molecule has 0 bridgehead atoms. The second-order valence-electron chi connectivity index (χ2n) is 6.57. The molecule has 2 aliphatic heterocycles. The van der Waals surface area contributed by atoms with Gasteiger partial charge < -0.3 is 9.47 Å². The van der Waals surface area contributed by atoms with Gasteiger partial charge >= 0.3 is 0 Å². The number of ether oxygens (including phenoxy) is 2. The number of aromatic nitrogens is 3. The molecule has 9 heteroatoms. The normalized spacial score (nSPS) is 20.2. The molecule has 0 aliphatic carbocycles. The van der Waals surface area contributed by atoms with Crippen LogP contribution in [0.3, 0.4) is 0 Å². The summed E-state index contributed by atoms with van der Waals surface area (Å²) >= 11 is 0. The summed E-state index contributed by atoms with van der Waals surface area (Å²) in [5, 5.41) is 8.43. The number of sulfonamides is 1. The zero-order valence-electron chi connectivity index (χ0n) is 14.5. The quantitative estimate of drug-likeness (QED) is 0.685. The van der Waals surface area contributed by atoms with Crippen molar-refractivity contribution >= 4 is 15.7 Å². The van der Waals surface area contributed by atoms with Crippen molar-refractivity contribution < 1.29 is 17.9 Å². The Hall–Kier alpha value is -2.65. The Morgan fingerprint density at radius 3 is 2.78 bits per heavy atom. The lowest BCUT2D eigenvalue weighted by Crippen LogP contribution is -2.31. The third-order valence-corrected chi connectivity index (χ3v) is 6.87. The van der Waals surface area contributed by atoms with E-state index in [0.29, 0.717) is 49.1 Å². The van der Waals surface area contributed by atoms with Gasteiger partial charge in [0.2, 0.25) is 10.0 Å². The first-order valence-electron chi connectivity index (χ1n) is 8.86. The molecule has 0 unspecified atom stereocenters. The summed E-state index contributed by atoms with van der Waals surface area (Å²) in [6.07, 6.45) is 3.34. The average molecular weight is 386 g/mol. The van der Waals surface area contributed by atoms with E-state index in [0.717, 1.165) is 6.42 Å². The largest absolute Gasteiger partial charge is 0.486 e. The van der Waals surface area contributed by atoms with Gasteiger partial charge in [-0.05, 0) is 37.1 Å². The summed E-state index contributed by atoms with van der Waals surface area (Å²) in [6.45, 7) is 1.32. The highest BCUT2D eigenvalue weighted by Crippen LogP contribution is 2.38. The molecule has 3 aromatic rings. The molecule has 1 atom stereocenters. The van der Waals surface area contributed by atoms with Crippen LogP contribution in [-0.4, -0.2) is 47.1 Å². The summed E-state index contributed by atoms with van der Waals surface area (Å²) in [7, 11) is -3.70. The Kier molecular flexibility index (Phi) is 3.80. The molecule has 2 aliphatic rings. The van der Waals surface area contributed by atoms with E-state index in [1.165, 1.54) is 4.31 Å². The molecule has 0 radical (unpaired) electrons. The van der Waals surface area contributed by atoms with Crippen LogP contribution in [-0.2, 0) is 10.0 Å². The minimum atomic E-state index is -3.70. The third kappa shape index (κ3) is 2.65. The molecule has 8 nitrogen and oxygen atoms in total. The van der Waals surface area contributed by atoms with Crippen molar-refractivity contribution in [2.45, 2.75) is 23.8 Å². The number of rotatable bonds is 3. The molecule has 4 heterocycles. The van der Waals surface area contributed by atoms with Crippen LogP contribution in [0.15, 0.2) is 47.5 Å². The predicted octanol–water partition coefficient (Wildman–Crippen LogP) is 2.03. The number of hydrogen-bond acceptors (Lipinski definition) is 6. The van der Waals surface area contributed by atoms with E-state index in [1.807, 2.05) is 28.8 Å². The molecule has 5 rings (SSSR count). The molecule has 1 saturated heterocycles. The highest BCUT2D eigenvalue weighted by molar-refractivity contribution is 7.89. The highest BCUT2D eigenvalue weighted by atomic mass is 32.2. The van der Waals surface area contributed by atoms with Crippen LogP contribution in [0, 0.1) is 0 Å². The zero-order valence-corrected chi connectivity index (χ0v) is 15.3. The van der Waals surface area contributed by atoms with Crippen LogP contribution >= 0.6 is 0 Å². The van der Waals surface area contributed by atoms with Crippen LogP contribution in [0.5, 0.6) is 11.5 Å². The number of fused-ring (bicyclic) bond motifs is 2. The van der Waals surface area contributed by atoms with E-state index < -0.39 is 10.0 Å². The van der Waals surface area contributed by atoms with Crippen LogP contribution < -0.4 is 9.47 Å². The summed E-state index contributed by atoms with van der Waals surface area (Å²) in [5.41, 5.74) is 0.705. The Labute approximate surface area is 156 Å². The fraction of sp³-hybridized carbons (Fsp3) is 0.333. The molecule has 0 amide bonds. The first-order chi connectivity index (χ1) is 13.1. The van der Waals surface area contributed by atoms with Crippen molar-refractivity contribution in [1.29, 1.82) is 0 Å². The Balaban J connectivity index is 1.54. The summed E-state index contributed by atoms with van der Waals surface area (Å²) < 4.78 is 41.1. The van der Waals surface area contributed by atoms with Crippen molar-refractivity contribution in [3.63, 3.8) is 0 Å². The van der Waals surface area contributed by atoms with Gasteiger partial charge in [-0.1, -0.05) is 6.07 Å². The molecule has 1 aromatic carbocycles. The van der Waals surface area contributed by atoms with Gasteiger partial charge in [0.15, 0.2) is 23.0 Å². The standard InChI is InChI=1S/C18H18N4O4S/c23-27(24,13-6-7-15-16(12-13)26-11-10-25-15)22-9-3-4-14(22)18-20-19-17-5-1-2-8-21(17)18/h1-2,5-8,12,14H,3-4,9-11H2/t14-/m1/s1. The number of pyridine rings is 1. The first-order valence-corrected chi connectivity index (χ1v) is 10.3. The van der Waals surface area contributed by atoms with Crippen LogP contribution in [0.2, 0.25) is 0 Å². The SMILES string of the molecule is O=S(=O)(c1ccc2c(c1)OCCO2)N1CCC[C@@H]1c1nnc2ccccn12. The van der Waals surface area contributed by atoms with Gasteiger partial charge in [-0.25, -0.2) is 8.42 Å². The van der Waals surface area contributed by atoms with Gasteiger partial charge in [-0.2, -0.15) is 4.31 Å². The lowest BCUT2D eigenvalue weighted by molar-refractivity contribution is 0.171. The third-order valence-electron chi connectivity index (χ3n) is 4.96. The topological polar surface area (TPSA) is 86.0 Å². The molecule has 1 fully saturated rings. The van der Waals surface area contributed by atoms with Gasteiger partial charge in [0.05, 0.1) is 10.9 Å². The van der Waals surface area contributed by atoms with E-state index in [4.69, 9.17) is 9.47 Å². The summed E-state index contributed by atoms with van der Waals surface area (Å²) in [6, 6.07) is 10.0. The second kappa shape index (κ2) is 6.21. The van der Waals surface area contributed by atoms with Crippen LogP contribution in [0.1, 0.15) is 24.7 Å². The maximum atomic E-state index is 13.3. The minimum absolute atomic E-state index is 0.201. The van der Waals surface area contributed by atoms with Gasteiger partial charge in [-0.3, -0.25) is 4.40 Å². The van der Waals surface area contributed by atoms with Gasteiger partial charge in [-0.15, -0.1) is 10.2 Å². The second-order valence-corrected chi connectivity index (χ2v) is 8.46. The Bertz CT molecular complexity index is 1110. The van der Waals surface area contributed by atoms with Crippen molar-refractivity contribution in [2.24, 2.45) is 0 Å². The average Bonchev–Trinajstić information content (AvgIpc) is 3.34. The number of benzene rings is 1. The highest BCUT2D eigenvalue weighted by Gasteiger charge is 2.39. The smallest absolute Gasteiger partial charge is 0.243 e. The van der Waals surface area contributed by atoms with E-state index in [2.05, 4.69) is 10.2 Å². The molecular formula is C18H18N4O4S. The minimum Gasteiger partial charge on any atom is -0.486 e. The van der Waals surface area contributed by atoms with Gasteiger partial charge in [0, 0.05) is 18.8 Å². The lowest BCUT2D eigenvalue weighted by atomic mass is 10.2. The summed E-state index contributed by atoms with van der Waals surface area (Å²) in [5.74, 6) is 1.68. The maximum Gasteiger partial charge on any atom is 0.243 e. The fourth-order valence-corrected chi connectivity index (χ4v) is 5.36. The fourth-order valence-electron chi connectivity index (χ4n) is 3.69. The van der Waals surface area contributed by atoms with Gasteiger partial charge in [0.25, 0.3) is 0 Å². The maximum absolute atomic E-state index is 13.3. The van der Waals surface area contributed by atoms with Gasteiger partial charge in [0.1, 0.15) is 13.2 Å². The molecule has 0 saturated carbocycles. The molecule has 2 aromatic heterocycles. The van der Waals surface area contributed by atoms with E-state index in [-0.39, 0.29) is 10.9 Å². The number of hydrogen-bond donors (Lipinski definition) is 0. The summed E-state index contributed by atoms with van der Waals surface area (Å²) in [4.78, 5) is 0.201. The Morgan fingerprint density at radius 1 is 1.04 bits per heavy atom. The van der Waals surface area contributed by atoms with E-state index in [9.17, 15) is 8.42 Å². The van der Waals surface area contributed by atoms with Crippen LogP contribution in [0.25, 0.3) is 5.65 Å². The molecule has 140 valence electrons. The lowest BCUT2D eigenvalue weighted by Gasteiger charge is -2.24. The Morgan fingerprint density at radius 2 is 1.89 bits per heavy atom. The van der Waals surface area contributed by atoms with E-state index >= 15 is 0 Å². The molecular weight excluding hydrogens is 368 g/mol. The van der Waals surface area contributed by atoms with Crippen molar-refractivity contribution in [1.82, 2.24) is 18.9 Å². The number of nitrogens with zero attached hydrogens (tertiary/aromatic N) is 4. The monoisotopic (exact) mass is 386 g/mol.